The van der Waals surface area contributed by atoms with Crippen LogP contribution in [-0.4, -0.2) is 33.6 Å². The first kappa shape index (κ1) is 13.9. The molecule has 1 rings (SSSR count). The molecular weight excluding hydrogens is 240 g/mol. The fourth-order valence-corrected chi connectivity index (χ4v) is 2.34. The van der Waals surface area contributed by atoms with Crippen LogP contribution < -0.4 is 5.32 Å². The first-order chi connectivity index (χ1) is 8.06. The van der Waals surface area contributed by atoms with E-state index in [1.165, 1.54) is 0 Å². The summed E-state index contributed by atoms with van der Waals surface area (Å²) >= 11 is 1.80. The van der Waals surface area contributed by atoms with Gasteiger partial charge in [-0.1, -0.05) is 13.8 Å². The maximum atomic E-state index is 10.6. The van der Waals surface area contributed by atoms with Crippen LogP contribution in [0, 0.1) is 0 Å². The van der Waals surface area contributed by atoms with Gasteiger partial charge in [0.2, 0.25) is 0 Å². The Hall–Kier alpha value is -1.17. The second-order valence-electron chi connectivity index (χ2n) is 3.79. The molecule has 0 radical (unpaired) electrons. The number of hydrogen-bond acceptors (Lipinski definition) is 5. The Kier molecular flexibility index (Phi) is 4.86. The van der Waals surface area contributed by atoms with Crippen molar-refractivity contribution in [3.8, 4) is 0 Å². The van der Waals surface area contributed by atoms with Crippen molar-refractivity contribution in [3.05, 3.63) is 12.0 Å². The van der Waals surface area contributed by atoms with Gasteiger partial charge in [-0.15, -0.1) is 0 Å². The van der Waals surface area contributed by atoms with Crippen molar-refractivity contribution in [3.63, 3.8) is 0 Å². The lowest BCUT2D eigenvalue weighted by Crippen LogP contribution is -2.32. The zero-order chi connectivity index (χ0) is 12.9. The highest BCUT2D eigenvalue weighted by Gasteiger charge is 2.25. The van der Waals surface area contributed by atoms with Crippen molar-refractivity contribution in [1.29, 1.82) is 0 Å². The van der Waals surface area contributed by atoms with E-state index in [1.54, 1.807) is 11.8 Å². The molecule has 0 aliphatic carbocycles. The standard InChI is InChI=1S/C11H18N2O3S/c1-4-11(5-2,17-3)7-12-10-13-8(6-16-10)9(14)15/h6H,4-5,7H2,1-3H3,(H,12,13)(H,14,15). The zero-order valence-electron chi connectivity index (χ0n) is 10.3. The molecule has 0 amide bonds. The molecule has 0 unspecified atom stereocenters. The number of hydrogen-bond donors (Lipinski definition) is 2. The highest BCUT2D eigenvalue weighted by atomic mass is 32.2. The summed E-state index contributed by atoms with van der Waals surface area (Å²) in [5.41, 5.74) is -0.0738. The van der Waals surface area contributed by atoms with E-state index in [1.807, 2.05) is 0 Å². The normalized spacial score (nSPS) is 11.5. The SMILES string of the molecule is CCC(CC)(CNc1nc(C(=O)O)co1)SC. The first-order valence-corrected chi connectivity index (χ1v) is 6.77. The van der Waals surface area contributed by atoms with Crippen LogP contribution in [0.4, 0.5) is 6.01 Å². The number of oxazole rings is 1. The molecule has 0 aliphatic heterocycles. The molecule has 0 bridgehead atoms. The minimum Gasteiger partial charge on any atom is -0.476 e. The van der Waals surface area contributed by atoms with Gasteiger partial charge in [0.05, 0.1) is 0 Å². The number of aromatic carboxylic acids is 1. The Morgan fingerprint density at radius 2 is 2.24 bits per heavy atom. The summed E-state index contributed by atoms with van der Waals surface area (Å²) in [6, 6.07) is 0.266. The highest BCUT2D eigenvalue weighted by molar-refractivity contribution is 8.00. The number of thioether (sulfide) groups is 1. The molecule has 96 valence electrons. The maximum Gasteiger partial charge on any atom is 0.357 e. The summed E-state index contributed by atoms with van der Waals surface area (Å²) in [7, 11) is 0. The number of nitrogens with zero attached hydrogens (tertiary/aromatic N) is 1. The Balaban J connectivity index is 2.62. The van der Waals surface area contributed by atoms with Crippen LogP contribution in [0.15, 0.2) is 10.7 Å². The number of rotatable bonds is 7. The second kappa shape index (κ2) is 5.95. The summed E-state index contributed by atoms with van der Waals surface area (Å²) in [6.45, 7) is 4.99. The van der Waals surface area contributed by atoms with Crippen LogP contribution in [0.3, 0.4) is 0 Å². The number of carbonyl (C=O) groups is 1. The van der Waals surface area contributed by atoms with Gasteiger partial charge in [-0.3, -0.25) is 0 Å². The number of aromatic nitrogens is 1. The minimum atomic E-state index is -1.08. The van der Waals surface area contributed by atoms with E-state index in [2.05, 4.69) is 30.4 Å². The Bertz CT molecular complexity index is 366. The summed E-state index contributed by atoms with van der Waals surface area (Å²) in [4.78, 5) is 14.5. The summed E-state index contributed by atoms with van der Waals surface area (Å²) < 4.78 is 5.18. The van der Waals surface area contributed by atoms with Crippen LogP contribution >= 0.6 is 11.8 Å². The molecule has 2 N–H and O–H groups in total. The third kappa shape index (κ3) is 3.39. The van der Waals surface area contributed by atoms with Crippen molar-refractivity contribution in [2.75, 3.05) is 18.1 Å². The quantitative estimate of drug-likeness (QED) is 0.783. The monoisotopic (exact) mass is 258 g/mol. The fraction of sp³-hybridized carbons (Fsp3) is 0.636. The lowest BCUT2D eigenvalue weighted by atomic mass is 10.0. The van der Waals surface area contributed by atoms with Gasteiger partial charge in [0.25, 0.3) is 6.01 Å². The summed E-state index contributed by atoms with van der Waals surface area (Å²) in [5.74, 6) is -1.08. The Morgan fingerprint density at radius 3 is 2.65 bits per heavy atom. The largest absolute Gasteiger partial charge is 0.476 e. The van der Waals surface area contributed by atoms with Crippen LogP contribution in [0.2, 0.25) is 0 Å². The van der Waals surface area contributed by atoms with Crippen LogP contribution in [-0.2, 0) is 0 Å². The second-order valence-corrected chi connectivity index (χ2v) is 5.07. The fourth-order valence-electron chi connectivity index (χ4n) is 1.55. The van der Waals surface area contributed by atoms with E-state index in [0.717, 1.165) is 19.1 Å². The number of carboxylic acids is 1. The first-order valence-electron chi connectivity index (χ1n) is 5.54. The molecule has 0 atom stereocenters. The van der Waals surface area contributed by atoms with E-state index in [9.17, 15) is 4.79 Å². The minimum absolute atomic E-state index is 0.0738. The van der Waals surface area contributed by atoms with E-state index in [0.29, 0.717) is 6.54 Å². The zero-order valence-corrected chi connectivity index (χ0v) is 11.1. The predicted molar refractivity (Wildman–Crippen MR) is 68.8 cm³/mol. The van der Waals surface area contributed by atoms with E-state index in [-0.39, 0.29) is 16.5 Å². The number of anilines is 1. The van der Waals surface area contributed by atoms with Gasteiger partial charge in [-0.2, -0.15) is 16.7 Å². The van der Waals surface area contributed by atoms with Gasteiger partial charge < -0.3 is 14.8 Å². The Labute approximate surface area is 105 Å². The molecule has 1 aromatic rings. The molecule has 0 saturated carbocycles. The van der Waals surface area contributed by atoms with Gasteiger partial charge in [0.1, 0.15) is 6.26 Å². The molecule has 0 aliphatic rings. The van der Waals surface area contributed by atoms with Crippen molar-refractivity contribution in [1.82, 2.24) is 4.98 Å². The molecule has 17 heavy (non-hydrogen) atoms. The van der Waals surface area contributed by atoms with Crippen molar-refractivity contribution in [2.45, 2.75) is 31.4 Å². The maximum absolute atomic E-state index is 10.6. The lowest BCUT2D eigenvalue weighted by molar-refractivity contribution is 0.0690. The van der Waals surface area contributed by atoms with Gasteiger partial charge in [-0.25, -0.2) is 4.79 Å². The molecule has 0 fully saturated rings. The molecule has 0 saturated heterocycles. The average Bonchev–Trinajstić information content (AvgIpc) is 2.81. The molecule has 1 aromatic heterocycles. The summed E-state index contributed by atoms with van der Waals surface area (Å²) in [6.07, 6.45) is 5.28. The topological polar surface area (TPSA) is 75.4 Å². The lowest BCUT2D eigenvalue weighted by Gasteiger charge is -2.29. The van der Waals surface area contributed by atoms with Crippen molar-refractivity contribution >= 4 is 23.7 Å². The average molecular weight is 258 g/mol. The predicted octanol–water partition coefficient (Wildman–Crippen LogP) is 2.71. The van der Waals surface area contributed by atoms with Gasteiger partial charge in [0.15, 0.2) is 5.69 Å². The third-order valence-corrected chi connectivity index (χ3v) is 4.59. The molecule has 0 aromatic carbocycles. The summed E-state index contributed by atoms with van der Waals surface area (Å²) in [5, 5.41) is 11.8. The highest BCUT2D eigenvalue weighted by Crippen LogP contribution is 2.30. The van der Waals surface area contributed by atoms with Crippen molar-refractivity contribution < 1.29 is 14.3 Å². The Morgan fingerprint density at radius 1 is 1.59 bits per heavy atom. The van der Waals surface area contributed by atoms with Crippen LogP contribution in [0.25, 0.3) is 0 Å². The smallest absolute Gasteiger partial charge is 0.357 e. The number of nitrogens with one attached hydrogen (secondary N) is 1. The third-order valence-electron chi connectivity index (χ3n) is 3.01. The molecule has 0 spiro atoms. The molecule has 1 heterocycles. The van der Waals surface area contributed by atoms with Crippen LogP contribution in [0.1, 0.15) is 37.2 Å². The van der Waals surface area contributed by atoms with Gasteiger partial charge >= 0.3 is 5.97 Å². The number of carboxylic acid groups (broad SMARTS) is 1. The molecule has 6 heteroatoms. The van der Waals surface area contributed by atoms with Gasteiger partial charge in [-0.05, 0) is 19.1 Å². The van der Waals surface area contributed by atoms with E-state index < -0.39 is 5.97 Å². The molecule has 5 nitrogen and oxygen atoms in total. The molecular formula is C11H18N2O3S. The van der Waals surface area contributed by atoms with Crippen molar-refractivity contribution in [2.24, 2.45) is 0 Å². The van der Waals surface area contributed by atoms with Gasteiger partial charge in [0, 0.05) is 11.3 Å². The van der Waals surface area contributed by atoms with E-state index in [4.69, 9.17) is 9.52 Å². The van der Waals surface area contributed by atoms with Crippen LogP contribution in [0.5, 0.6) is 0 Å². The van der Waals surface area contributed by atoms with E-state index >= 15 is 0 Å².